The van der Waals surface area contributed by atoms with Crippen LogP contribution in [0.2, 0.25) is 0 Å². The first-order valence-electron chi connectivity index (χ1n) is 7.41. The quantitative estimate of drug-likeness (QED) is 0.401. The molecule has 0 spiro atoms. The van der Waals surface area contributed by atoms with Gasteiger partial charge < -0.3 is 18.9 Å². The molecule has 0 atom stereocenters. The lowest BCUT2D eigenvalue weighted by molar-refractivity contribution is 0.103. The molecule has 2 rings (SSSR count). The highest BCUT2D eigenvalue weighted by Crippen LogP contribution is 2.27. The van der Waals surface area contributed by atoms with Gasteiger partial charge in [-0.2, -0.15) is 0 Å². The molecule has 5 nitrogen and oxygen atoms in total. The molecule has 0 bridgehead atoms. The van der Waals surface area contributed by atoms with Gasteiger partial charge in [0.2, 0.25) is 0 Å². The van der Waals surface area contributed by atoms with E-state index in [2.05, 4.69) is 6.58 Å². The first-order valence-corrected chi connectivity index (χ1v) is 7.41. The molecule has 0 amide bonds. The maximum atomic E-state index is 12.8. The average molecular weight is 328 g/mol. The summed E-state index contributed by atoms with van der Waals surface area (Å²) in [6.07, 6.45) is 1.34. The first-order chi connectivity index (χ1) is 11.7. The molecule has 0 aliphatic carbocycles. The fraction of sp³-hybridized carbons (Fsp3) is 0.211. The van der Waals surface area contributed by atoms with Crippen LogP contribution in [0.5, 0.6) is 17.2 Å². The molecule has 0 heterocycles. The summed E-state index contributed by atoms with van der Waals surface area (Å²) in [4.78, 5) is 12.8. The molecule has 0 N–H and O–H groups in total. The largest absolute Gasteiger partial charge is 0.497 e. The van der Waals surface area contributed by atoms with Crippen LogP contribution in [0.1, 0.15) is 15.9 Å². The minimum atomic E-state index is -0.143. The smallest absolute Gasteiger partial charge is 0.196 e. The van der Waals surface area contributed by atoms with E-state index in [9.17, 15) is 4.79 Å². The van der Waals surface area contributed by atoms with E-state index in [1.807, 2.05) is 0 Å². The number of methoxy groups -OCH3 is 2. The Morgan fingerprint density at radius 2 is 1.75 bits per heavy atom. The van der Waals surface area contributed by atoms with Crippen LogP contribution in [0, 0.1) is 0 Å². The molecule has 0 aliphatic rings. The second kappa shape index (κ2) is 8.74. The minimum Gasteiger partial charge on any atom is -0.497 e. The van der Waals surface area contributed by atoms with Crippen LogP contribution in [0.3, 0.4) is 0 Å². The summed E-state index contributed by atoms with van der Waals surface area (Å²) < 4.78 is 21.0. The molecule has 2 aromatic carbocycles. The highest BCUT2D eigenvalue weighted by Gasteiger charge is 2.16. The van der Waals surface area contributed by atoms with Gasteiger partial charge in [-0.15, -0.1) is 0 Å². The van der Waals surface area contributed by atoms with E-state index in [1.165, 1.54) is 6.26 Å². The maximum absolute atomic E-state index is 12.8. The van der Waals surface area contributed by atoms with Crippen LogP contribution in [0.25, 0.3) is 0 Å². The topological polar surface area (TPSA) is 54.0 Å². The van der Waals surface area contributed by atoms with Gasteiger partial charge in [0, 0.05) is 18.7 Å². The van der Waals surface area contributed by atoms with Crippen molar-refractivity contribution < 1.29 is 23.7 Å². The van der Waals surface area contributed by atoms with Crippen molar-refractivity contribution in [3.63, 3.8) is 0 Å². The summed E-state index contributed by atoms with van der Waals surface area (Å²) in [6, 6.07) is 11.9. The first kappa shape index (κ1) is 17.6. The number of ketones is 1. The monoisotopic (exact) mass is 328 g/mol. The van der Waals surface area contributed by atoms with Gasteiger partial charge in [-0.25, -0.2) is 0 Å². The van der Waals surface area contributed by atoms with Crippen LogP contribution in [-0.2, 0) is 4.74 Å². The van der Waals surface area contributed by atoms with E-state index in [1.54, 1.807) is 56.7 Å². The van der Waals surface area contributed by atoms with E-state index in [4.69, 9.17) is 18.9 Å². The molecule has 0 saturated heterocycles. The van der Waals surface area contributed by atoms with Crippen molar-refractivity contribution in [3.8, 4) is 17.2 Å². The van der Waals surface area contributed by atoms with Crippen LogP contribution in [0.15, 0.2) is 55.3 Å². The summed E-state index contributed by atoms with van der Waals surface area (Å²) in [6.45, 7) is 4.27. The summed E-state index contributed by atoms with van der Waals surface area (Å²) in [5.74, 6) is 1.56. The standard InChI is InChI=1S/C19H20O5/c1-4-23-15-7-5-14(6-8-15)19(20)17-10-9-16(22-3)13-18(17)24-12-11-21-2/h4-10,13H,1,11-12H2,2-3H3. The Morgan fingerprint density at radius 3 is 2.38 bits per heavy atom. The Kier molecular flexibility index (Phi) is 6.40. The number of carbonyl (C=O) groups is 1. The molecular weight excluding hydrogens is 308 g/mol. The SMILES string of the molecule is C=COc1ccc(C(=O)c2ccc(OC)cc2OCCOC)cc1. The zero-order valence-corrected chi connectivity index (χ0v) is 13.8. The third-order valence-corrected chi connectivity index (χ3v) is 3.31. The fourth-order valence-electron chi connectivity index (χ4n) is 2.11. The predicted octanol–water partition coefficient (Wildman–Crippen LogP) is 3.47. The third-order valence-electron chi connectivity index (χ3n) is 3.31. The van der Waals surface area contributed by atoms with Crippen molar-refractivity contribution >= 4 is 5.78 Å². The van der Waals surface area contributed by atoms with Crippen LogP contribution in [0.4, 0.5) is 0 Å². The summed E-state index contributed by atoms with van der Waals surface area (Å²) in [5, 5.41) is 0. The Morgan fingerprint density at radius 1 is 1.04 bits per heavy atom. The minimum absolute atomic E-state index is 0.143. The molecule has 0 saturated carbocycles. The highest BCUT2D eigenvalue weighted by atomic mass is 16.5. The Balaban J connectivity index is 2.27. The average Bonchev–Trinajstić information content (AvgIpc) is 2.62. The van der Waals surface area contributed by atoms with Crippen molar-refractivity contribution in [2.75, 3.05) is 27.4 Å². The highest BCUT2D eigenvalue weighted by molar-refractivity contribution is 6.10. The predicted molar refractivity (Wildman–Crippen MR) is 91.1 cm³/mol. The second-order valence-electron chi connectivity index (χ2n) is 4.84. The molecule has 2 aromatic rings. The van der Waals surface area contributed by atoms with E-state index < -0.39 is 0 Å². The normalized spacial score (nSPS) is 10.1. The molecule has 0 unspecified atom stereocenters. The zero-order valence-electron chi connectivity index (χ0n) is 13.8. The van der Waals surface area contributed by atoms with Gasteiger partial charge in [-0.3, -0.25) is 4.79 Å². The van der Waals surface area contributed by atoms with E-state index >= 15 is 0 Å². The fourth-order valence-corrected chi connectivity index (χ4v) is 2.11. The van der Waals surface area contributed by atoms with Crippen molar-refractivity contribution in [3.05, 3.63) is 66.4 Å². The molecule has 0 aromatic heterocycles. The van der Waals surface area contributed by atoms with Crippen LogP contribution in [-0.4, -0.2) is 33.2 Å². The summed E-state index contributed by atoms with van der Waals surface area (Å²) >= 11 is 0. The Labute approximate surface area is 141 Å². The molecule has 126 valence electrons. The molecule has 0 aliphatic heterocycles. The number of hydrogen-bond donors (Lipinski definition) is 0. The number of benzene rings is 2. The van der Waals surface area contributed by atoms with Gasteiger partial charge in [0.25, 0.3) is 0 Å². The van der Waals surface area contributed by atoms with Crippen LogP contribution < -0.4 is 14.2 Å². The van der Waals surface area contributed by atoms with E-state index in [-0.39, 0.29) is 5.78 Å². The van der Waals surface area contributed by atoms with Gasteiger partial charge in [0.05, 0.1) is 25.5 Å². The van der Waals surface area contributed by atoms with Crippen molar-refractivity contribution in [1.82, 2.24) is 0 Å². The number of rotatable bonds is 9. The number of hydrogen-bond acceptors (Lipinski definition) is 5. The van der Waals surface area contributed by atoms with Gasteiger partial charge in [-0.1, -0.05) is 6.58 Å². The van der Waals surface area contributed by atoms with Gasteiger partial charge in [0.1, 0.15) is 23.9 Å². The number of ether oxygens (including phenoxy) is 4. The van der Waals surface area contributed by atoms with Crippen LogP contribution >= 0.6 is 0 Å². The van der Waals surface area contributed by atoms with Gasteiger partial charge in [-0.05, 0) is 36.4 Å². The lowest BCUT2D eigenvalue weighted by Gasteiger charge is -2.12. The van der Waals surface area contributed by atoms with Crippen molar-refractivity contribution in [2.24, 2.45) is 0 Å². The van der Waals surface area contributed by atoms with Gasteiger partial charge >= 0.3 is 0 Å². The van der Waals surface area contributed by atoms with E-state index in [0.29, 0.717) is 41.6 Å². The molecule has 5 heteroatoms. The van der Waals surface area contributed by atoms with Gasteiger partial charge in [0.15, 0.2) is 5.78 Å². The molecule has 24 heavy (non-hydrogen) atoms. The lowest BCUT2D eigenvalue weighted by Crippen LogP contribution is -2.09. The van der Waals surface area contributed by atoms with Crippen molar-refractivity contribution in [2.45, 2.75) is 0 Å². The second-order valence-corrected chi connectivity index (χ2v) is 4.84. The summed E-state index contributed by atoms with van der Waals surface area (Å²) in [5.41, 5.74) is 0.998. The molecule has 0 fully saturated rings. The Hall–Kier alpha value is -2.79. The summed E-state index contributed by atoms with van der Waals surface area (Å²) in [7, 11) is 3.15. The molecule has 0 radical (unpaired) electrons. The lowest BCUT2D eigenvalue weighted by atomic mass is 10.0. The van der Waals surface area contributed by atoms with Crippen molar-refractivity contribution in [1.29, 1.82) is 0 Å². The van der Waals surface area contributed by atoms with E-state index in [0.717, 1.165) is 0 Å². The number of carbonyl (C=O) groups excluding carboxylic acids is 1. The Bertz CT molecular complexity index is 691. The maximum Gasteiger partial charge on any atom is 0.196 e. The third kappa shape index (κ3) is 4.36. The molecular formula is C19H20O5. The zero-order chi connectivity index (χ0) is 17.4.